The average Bonchev–Trinajstić information content (AvgIpc) is 2.95. The number of hydrogen-bond acceptors (Lipinski definition) is 5. The average molecular weight is 324 g/mol. The molecular formula is C18H20N4O2. The lowest BCUT2D eigenvalue weighted by Gasteiger charge is -2.25. The number of nitrogens with two attached hydrogens (primary N) is 1. The second-order valence-electron chi connectivity index (χ2n) is 5.73. The molecule has 3 N–H and O–H groups in total. The number of nitriles is 1. The number of para-hydroxylation sites is 1. The Kier molecular flexibility index (Phi) is 4.43. The fraction of sp³-hybridized carbons (Fsp3) is 0.333. The van der Waals surface area contributed by atoms with Gasteiger partial charge in [0.2, 0.25) is 11.8 Å². The van der Waals surface area contributed by atoms with Gasteiger partial charge in [-0.05, 0) is 19.4 Å². The minimum Gasteiger partial charge on any atom is -0.493 e. The van der Waals surface area contributed by atoms with Gasteiger partial charge in [-0.25, -0.2) is 0 Å². The summed E-state index contributed by atoms with van der Waals surface area (Å²) in [4.78, 5) is 0. The first-order valence-electron chi connectivity index (χ1n) is 8.01. The molecule has 6 nitrogen and oxygen atoms in total. The van der Waals surface area contributed by atoms with Crippen molar-refractivity contribution in [2.75, 3.05) is 6.61 Å². The first kappa shape index (κ1) is 15.9. The maximum absolute atomic E-state index is 9.61. The van der Waals surface area contributed by atoms with Crippen molar-refractivity contribution in [3.8, 4) is 17.7 Å². The number of H-pyrrole nitrogens is 1. The SMILES string of the molecule is CCCCOc1ccccc1[C@@H]1C(C#N)=C(N)Oc2n[nH]c(C)c21. The van der Waals surface area contributed by atoms with Crippen molar-refractivity contribution < 1.29 is 9.47 Å². The van der Waals surface area contributed by atoms with E-state index in [0.29, 0.717) is 18.1 Å². The number of unbranched alkanes of at least 4 members (excludes halogenated alkanes) is 1. The fourth-order valence-corrected chi connectivity index (χ4v) is 2.89. The third-order valence-corrected chi connectivity index (χ3v) is 4.11. The van der Waals surface area contributed by atoms with E-state index in [9.17, 15) is 5.26 Å². The maximum atomic E-state index is 9.61. The van der Waals surface area contributed by atoms with Crippen molar-refractivity contribution in [1.29, 1.82) is 5.26 Å². The summed E-state index contributed by atoms with van der Waals surface area (Å²) < 4.78 is 11.4. The van der Waals surface area contributed by atoms with Crippen molar-refractivity contribution in [1.82, 2.24) is 10.2 Å². The number of nitrogens with zero attached hydrogens (tertiary/aromatic N) is 2. The van der Waals surface area contributed by atoms with Crippen LogP contribution in [-0.2, 0) is 0 Å². The summed E-state index contributed by atoms with van der Waals surface area (Å²) in [6.45, 7) is 4.65. The van der Waals surface area contributed by atoms with Crippen molar-refractivity contribution in [3.63, 3.8) is 0 Å². The van der Waals surface area contributed by atoms with Gasteiger partial charge >= 0.3 is 0 Å². The largest absolute Gasteiger partial charge is 0.493 e. The van der Waals surface area contributed by atoms with Crippen LogP contribution in [0.3, 0.4) is 0 Å². The van der Waals surface area contributed by atoms with Crippen LogP contribution in [0.15, 0.2) is 35.7 Å². The summed E-state index contributed by atoms with van der Waals surface area (Å²) in [5.74, 6) is 0.905. The van der Waals surface area contributed by atoms with Gasteiger partial charge in [-0.2, -0.15) is 5.26 Å². The molecule has 0 fully saturated rings. The van der Waals surface area contributed by atoms with E-state index in [-0.39, 0.29) is 11.8 Å². The van der Waals surface area contributed by atoms with E-state index in [0.717, 1.165) is 35.4 Å². The highest BCUT2D eigenvalue weighted by Crippen LogP contribution is 2.45. The monoisotopic (exact) mass is 324 g/mol. The number of hydrogen-bond donors (Lipinski definition) is 2. The first-order valence-corrected chi connectivity index (χ1v) is 8.01. The highest BCUT2D eigenvalue weighted by atomic mass is 16.5. The number of aromatic amines is 1. The van der Waals surface area contributed by atoms with Crippen molar-refractivity contribution in [2.24, 2.45) is 5.73 Å². The molecule has 0 spiro atoms. The van der Waals surface area contributed by atoms with Crippen LogP contribution >= 0.6 is 0 Å². The van der Waals surface area contributed by atoms with E-state index in [2.05, 4.69) is 23.2 Å². The van der Waals surface area contributed by atoms with E-state index in [4.69, 9.17) is 15.2 Å². The van der Waals surface area contributed by atoms with E-state index in [1.807, 2.05) is 31.2 Å². The lowest BCUT2D eigenvalue weighted by atomic mass is 9.83. The van der Waals surface area contributed by atoms with Crippen molar-refractivity contribution in [3.05, 3.63) is 52.5 Å². The normalized spacial score (nSPS) is 16.3. The number of aromatic nitrogens is 2. The van der Waals surface area contributed by atoms with Crippen LogP contribution in [0.5, 0.6) is 11.6 Å². The highest BCUT2D eigenvalue weighted by molar-refractivity contribution is 5.57. The zero-order chi connectivity index (χ0) is 17.1. The molecule has 0 bridgehead atoms. The number of benzene rings is 1. The van der Waals surface area contributed by atoms with Gasteiger partial charge in [0, 0.05) is 16.8 Å². The number of rotatable bonds is 5. The summed E-state index contributed by atoms with van der Waals surface area (Å²) in [5, 5.41) is 16.7. The van der Waals surface area contributed by atoms with Crippen LogP contribution in [0.1, 0.15) is 42.5 Å². The van der Waals surface area contributed by atoms with Crippen LogP contribution in [0, 0.1) is 18.3 Å². The van der Waals surface area contributed by atoms with Gasteiger partial charge in [-0.15, -0.1) is 5.10 Å². The molecule has 1 aliphatic heterocycles. The van der Waals surface area contributed by atoms with Crippen LogP contribution in [0.25, 0.3) is 0 Å². The van der Waals surface area contributed by atoms with Gasteiger partial charge in [0.15, 0.2) is 0 Å². The maximum Gasteiger partial charge on any atom is 0.244 e. The Labute approximate surface area is 140 Å². The Morgan fingerprint density at radius 3 is 2.96 bits per heavy atom. The molecule has 0 radical (unpaired) electrons. The zero-order valence-electron chi connectivity index (χ0n) is 13.8. The predicted octanol–water partition coefficient (Wildman–Crippen LogP) is 3.12. The Morgan fingerprint density at radius 2 is 2.21 bits per heavy atom. The molecule has 0 saturated heterocycles. The van der Waals surface area contributed by atoms with Gasteiger partial charge < -0.3 is 15.2 Å². The molecule has 3 rings (SSSR count). The molecule has 2 aromatic rings. The van der Waals surface area contributed by atoms with E-state index in [1.165, 1.54) is 0 Å². The molecular weight excluding hydrogens is 304 g/mol. The topological polar surface area (TPSA) is 96.9 Å². The third kappa shape index (κ3) is 2.69. The molecule has 1 atom stereocenters. The summed E-state index contributed by atoms with van der Waals surface area (Å²) in [6.07, 6.45) is 2.03. The Bertz CT molecular complexity index is 817. The molecule has 2 heterocycles. The molecule has 1 aromatic heterocycles. The van der Waals surface area contributed by atoms with E-state index < -0.39 is 0 Å². The number of ether oxygens (including phenoxy) is 2. The summed E-state index contributed by atoms with van der Waals surface area (Å²) in [6, 6.07) is 9.91. The molecule has 124 valence electrons. The third-order valence-electron chi connectivity index (χ3n) is 4.11. The van der Waals surface area contributed by atoms with Gasteiger partial charge in [-0.3, -0.25) is 5.10 Å². The smallest absolute Gasteiger partial charge is 0.244 e. The van der Waals surface area contributed by atoms with Crippen LogP contribution in [0.4, 0.5) is 0 Å². The Morgan fingerprint density at radius 1 is 1.42 bits per heavy atom. The standard InChI is InChI=1S/C18H20N4O2/c1-3-4-9-23-14-8-6-5-7-12(14)16-13(10-19)17(20)24-18-15(16)11(2)21-22-18/h5-8,16H,3-4,9,20H2,1-2H3,(H,21,22)/t16-/m1/s1. The molecule has 1 aromatic carbocycles. The first-order chi connectivity index (χ1) is 11.7. The molecule has 0 amide bonds. The van der Waals surface area contributed by atoms with Gasteiger partial charge in [0.05, 0.1) is 12.5 Å². The second kappa shape index (κ2) is 6.67. The van der Waals surface area contributed by atoms with Crippen LogP contribution < -0.4 is 15.2 Å². The number of aryl methyl sites for hydroxylation is 1. The molecule has 0 saturated carbocycles. The zero-order valence-corrected chi connectivity index (χ0v) is 13.8. The van der Waals surface area contributed by atoms with Crippen molar-refractivity contribution in [2.45, 2.75) is 32.6 Å². The highest BCUT2D eigenvalue weighted by Gasteiger charge is 2.35. The lowest BCUT2D eigenvalue weighted by Crippen LogP contribution is -2.21. The van der Waals surface area contributed by atoms with E-state index in [1.54, 1.807) is 0 Å². The summed E-state index contributed by atoms with van der Waals surface area (Å²) in [7, 11) is 0. The minimum atomic E-state index is -0.352. The van der Waals surface area contributed by atoms with Gasteiger partial charge in [0.1, 0.15) is 17.4 Å². The molecule has 1 aliphatic rings. The second-order valence-corrected chi connectivity index (χ2v) is 5.73. The van der Waals surface area contributed by atoms with Crippen LogP contribution in [0.2, 0.25) is 0 Å². The number of allylic oxidation sites excluding steroid dienone is 1. The molecule has 0 aliphatic carbocycles. The number of fused-ring (bicyclic) bond motifs is 1. The van der Waals surface area contributed by atoms with E-state index >= 15 is 0 Å². The summed E-state index contributed by atoms with van der Waals surface area (Å²) >= 11 is 0. The summed E-state index contributed by atoms with van der Waals surface area (Å²) in [5.41, 5.74) is 8.89. The molecule has 24 heavy (non-hydrogen) atoms. The minimum absolute atomic E-state index is 0.0878. The number of nitrogens with one attached hydrogen (secondary N) is 1. The van der Waals surface area contributed by atoms with Gasteiger partial charge in [-0.1, -0.05) is 31.5 Å². The fourth-order valence-electron chi connectivity index (χ4n) is 2.89. The molecule has 0 unspecified atom stereocenters. The Balaban J connectivity index is 2.10. The Hall–Kier alpha value is -2.94. The molecule has 6 heteroatoms. The lowest BCUT2D eigenvalue weighted by molar-refractivity contribution is 0.305. The van der Waals surface area contributed by atoms with Crippen molar-refractivity contribution >= 4 is 0 Å². The van der Waals surface area contributed by atoms with Crippen LogP contribution in [-0.4, -0.2) is 16.8 Å². The quantitative estimate of drug-likeness (QED) is 0.824. The predicted molar refractivity (Wildman–Crippen MR) is 89.5 cm³/mol. The van der Waals surface area contributed by atoms with Gasteiger partial charge in [0.25, 0.3) is 0 Å².